The molecule has 0 aliphatic heterocycles. The second-order valence-electron chi connectivity index (χ2n) is 4.91. The fraction of sp³-hybridized carbons (Fsp3) is 0.538. The molecule has 0 heterocycles. The van der Waals surface area contributed by atoms with Gasteiger partial charge in [0.15, 0.2) is 0 Å². The zero-order valence-corrected chi connectivity index (χ0v) is 11.7. The summed E-state index contributed by atoms with van der Waals surface area (Å²) < 4.78 is 14.0. The third-order valence-electron chi connectivity index (χ3n) is 2.75. The minimum atomic E-state index is -0.179. The van der Waals surface area contributed by atoms with Crippen molar-refractivity contribution in [2.75, 3.05) is 13.6 Å². The Morgan fingerprint density at radius 3 is 2.69 bits per heavy atom. The monoisotopic (exact) mass is 287 g/mol. The van der Waals surface area contributed by atoms with Crippen LogP contribution in [0, 0.1) is 11.2 Å². The maximum absolute atomic E-state index is 13.3. The lowest BCUT2D eigenvalue weighted by Gasteiger charge is -2.25. The Hall–Kier alpha value is -0.410. The van der Waals surface area contributed by atoms with Gasteiger partial charge in [-0.3, -0.25) is 0 Å². The molecule has 0 atom stereocenters. The van der Waals surface area contributed by atoms with Crippen LogP contribution in [0.15, 0.2) is 22.7 Å². The molecule has 1 rings (SSSR count). The van der Waals surface area contributed by atoms with E-state index >= 15 is 0 Å². The topological polar surface area (TPSA) is 12.0 Å². The smallest absolute Gasteiger partial charge is 0.137 e. The van der Waals surface area contributed by atoms with Gasteiger partial charge in [-0.2, -0.15) is 0 Å². The van der Waals surface area contributed by atoms with E-state index in [1.165, 1.54) is 6.07 Å². The third kappa shape index (κ3) is 3.87. The lowest BCUT2D eigenvalue weighted by molar-refractivity contribution is 0.328. The molecule has 0 spiro atoms. The van der Waals surface area contributed by atoms with Gasteiger partial charge in [-0.1, -0.05) is 26.0 Å². The molecule has 0 amide bonds. The highest BCUT2D eigenvalue weighted by Crippen LogP contribution is 2.30. The van der Waals surface area contributed by atoms with E-state index in [1.54, 1.807) is 6.07 Å². The molecule has 1 N–H and O–H groups in total. The number of nitrogens with one attached hydrogen (secondary N) is 1. The fourth-order valence-corrected chi connectivity index (χ4v) is 2.16. The van der Waals surface area contributed by atoms with Crippen molar-refractivity contribution in [1.82, 2.24) is 5.32 Å². The van der Waals surface area contributed by atoms with E-state index in [1.807, 2.05) is 13.1 Å². The van der Waals surface area contributed by atoms with Crippen molar-refractivity contribution < 1.29 is 4.39 Å². The molecule has 0 aliphatic rings. The van der Waals surface area contributed by atoms with Gasteiger partial charge in [0.2, 0.25) is 0 Å². The first-order valence-corrected chi connectivity index (χ1v) is 6.33. The second kappa shape index (κ2) is 5.78. The van der Waals surface area contributed by atoms with Gasteiger partial charge in [-0.15, -0.1) is 0 Å². The molecule has 0 unspecified atom stereocenters. The van der Waals surface area contributed by atoms with E-state index in [-0.39, 0.29) is 11.2 Å². The Labute approximate surface area is 106 Å². The van der Waals surface area contributed by atoms with Crippen molar-refractivity contribution in [2.24, 2.45) is 5.41 Å². The molecule has 1 aromatic carbocycles. The number of hydrogen-bond donors (Lipinski definition) is 1. The van der Waals surface area contributed by atoms with Gasteiger partial charge in [-0.25, -0.2) is 4.39 Å². The first-order chi connectivity index (χ1) is 7.46. The molecular weight excluding hydrogens is 269 g/mol. The summed E-state index contributed by atoms with van der Waals surface area (Å²) >= 11 is 3.31. The minimum absolute atomic E-state index is 0.179. The van der Waals surface area contributed by atoms with Crippen LogP contribution in [0.5, 0.6) is 0 Å². The molecule has 1 nitrogen and oxygen atoms in total. The molecule has 0 bridgehead atoms. The van der Waals surface area contributed by atoms with Crippen molar-refractivity contribution >= 4 is 15.9 Å². The van der Waals surface area contributed by atoms with Crippen molar-refractivity contribution in [3.05, 3.63) is 34.1 Å². The van der Waals surface area contributed by atoms with Crippen molar-refractivity contribution in [1.29, 1.82) is 0 Å². The van der Waals surface area contributed by atoms with Crippen molar-refractivity contribution in [3.63, 3.8) is 0 Å². The Bertz CT molecular complexity index is 350. The summed E-state index contributed by atoms with van der Waals surface area (Å²) in [6, 6.07) is 5.23. The van der Waals surface area contributed by atoms with Crippen LogP contribution < -0.4 is 5.32 Å². The molecule has 3 heteroatoms. The minimum Gasteiger partial charge on any atom is -0.320 e. The maximum Gasteiger partial charge on any atom is 0.137 e. The number of benzene rings is 1. The van der Waals surface area contributed by atoms with E-state index < -0.39 is 0 Å². The molecule has 16 heavy (non-hydrogen) atoms. The largest absolute Gasteiger partial charge is 0.320 e. The lowest BCUT2D eigenvalue weighted by atomic mass is 9.82. The Morgan fingerprint density at radius 1 is 1.38 bits per heavy atom. The lowest BCUT2D eigenvalue weighted by Crippen LogP contribution is -2.22. The van der Waals surface area contributed by atoms with Crippen LogP contribution in [0.25, 0.3) is 0 Å². The number of hydrogen-bond acceptors (Lipinski definition) is 1. The van der Waals surface area contributed by atoms with E-state index in [4.69, 9.17) is 0 Å². The van der Waals surface area contributed by atoms with Crippen LogP contribution in [0.1, 0.15) is 25.8 Å². The van der Waals surface area contributed by atoms with Crippen molar-refractivity contribution in [3.8, 4) is 0 Å². The molecule has 0 aliphatic carbocycles. The van der Waals surface area contributed by atoms with Gasteiger partial charge in [0.1, 0.15) is 5.82 Å². The van der Waals surface area contributed by atoms with Crippen LogP contribution in [-0.2, 0) is 6.42 Å². The second-order valence-corrected chi connectivity index (χ2v) is 5.70. The summed E-state index contributed by atoms with van der Waals surface area (Å²) in [4.78, 5) is 0. The van der Waals surface area contributed by atoms with Crippen LogP contribution in [-0.4, -0.2) is 13.6 Å². The van der Waals surface area contributed by atoms with Crippen molar-refractivity contribution in [2.45, 2.75) is 26.7 Å². The van der Waals surface area contributed by atoms with Gasteiger partial charge in [0.25, 0.3) is 0 Å². The summed E-state index contributed by atoms with van der Waals surface area (Å²) in [5, 5.41) is 3.15. The van der Waals surface area contributed by atoms with E-state index in [0.717, 1.165) is 24.9 Å². The van der Waals surface area contributed by atoms with Crippen LogP contribution >= 0.6 is 15.9 Å². The van der Waals surface area contributed by atoms with E-state index in [9.17, 15) is 4.39 Å². The molecule has 0 fully saturated rings. The SMILES string of the molecule is CNCCC(C)(C)Cc1cccc(F)c1Br. The number of rotatable bonds is 5. The van der Waals surface area contributed by atoms with Crippen LogP contribution in [0.3, 0.4) is 0 Å². The van der Waals surface area contributed by atoms with Gasteiger partial charge in [0, 0.05) is 0 Å². The van der Waals surface area contributed by atoms with Gasteiger partial charge < -0.3 is 5.32 Å². The Kier molecular flexibility index (Phi) is 4.93. The third-order valence-corrected chi connectivity index (χ3v) is 3.64. The standard InChI is InChI=1S/C13H19BrFN/c1-13(2,7-8-16-3)9-10-5-4-6-11(15)12(10)14/h4-6,16H,7-9H2,1-3H3. The van der Waals surface area contributed by atoms with Gasteiger partial charge >= 0.3 is 0 Å². The van der Waals surface area contributed by atoms with E-state index in [0.29, 0.717) is 4.47 Å². The number of halogens is 2. The average molecular weight is 288 g/mol. The molecule has 0 saturated heterocycles. The van der Waals surface area contributed by atoms with E-state index in [2.05, 4.69) is 35.1 Å². The normalized spacial score (nSPS) is 11.8. The first kappa shape index (κ1) is 13.7. The van der Waals surface area contributed by atoms with Crippen LogP contribution in [0.2, 0.25) is 0 Å². The maximum atomic E-state index is 13.3. The molecule has 1 aromatic rings. The quantitative estimate of drug-likeness (QED) is 0.869. The summed E-state index contributed by atoms with van der Waals surface area (Å²) in [6.07, 6.45) is 1.96. The highest BCUT2D eigenvalue weighted by molar-refractivity contribution is 9.10. The molecular formula is C13H19BrFN. The predicted octanol–water partition coefficient (Wildman–Crippen LogP) is 3.77. The Balaban J connectivity index is 2.75. The van der Waals surface area contributed by atoms with Gasteiger partial charge in [0.05, 0.1) is 4.47 Å². The molecule has 0 saturated carbocycles. The molecule has 0 aromatic heterocycles. The predicted molar refractivity (Wildman–Crippen MR) is 70.1 cm³/mol. The molecule has 90 valence electrons. The highest BCUT2D eigenvalue weighted by Gasteiger charge is 2.19. The fourth-order valence-electron chi connectivity index (χ4n) is 1.75. The van der Waals surface area contributed by atoms with Crippen LogP contribution in [0.4, 0.5) is 4.39 Å². The Morgan fingerprint density at radius 2 is 2.06 bits per heavy atom. The zero-order valence-electron chi connectivity index (χ0n) is 10.1. The summed E-state index contributed by atoms with van der Waals surface area (Å²) in [5.41, 5.74) is 1.22. The summed E-state index contributed by atoms with van der Waals surface area (Å²) in [7, 11) is 1.95. The highest BCUT2D eigenvalue weighted by atomic mass is 79.9. The summed E-state index contributed by atoms with van der Waals surface area (Å²) in [6.45, 7) is 5.41. The average Bonchev–Trinajstić information content (AvgIpc) is 2.22. The first-order valence-electron chi connectivity index (χ1n) is 5.54. The molecule has 0 radical (unpaired) electrons. The zero-order chi connectivity index (χ0) is 12.2. The summed E-state index contributed by atoms with van der Waals surface area (Å²) in [5.74, 6) is -0.179. The van der Waals surface area contributed by atoms with Gasteiger partial charge in [-0.05, 0) is 59.4 Å².